The summed E-state index contributed by atoms with van der Waals surface area (Å²) in [5.41, 5.74) is 6.79. The highest BCUT2D eigenvalue weighted by molar-refractivity contribution is 7.99. The van der Waals surface area contributed by atoms with Gasteiger partial charge in [-0.05, 0) is 31.8 Å². The summed E-state index contributed by atoms with van der Waals surface area (Å²) < 4.78 is 0. The van der Waals surface area contributed by atoms with E-state index in [0.29, 0.717) is 11.3 Å². The van der Waals surface area contributed by atoms with Gasteiger partial charge in [-0.25, -0.2) is 0 Å². The Morgan fingerprint density at radius 3 is 2.88 bits per heavy atom. The fourth-order valence-corrected chi connectivity index (χ4v) is 2.32. The molecule has 0 aliphatic carbocycles. The Morgan fingerprint density at radius 2 is 2.35 bits per heavy atom. The molecular weight excluding hydrogens is 236 g/mol. The van der Waals surface area contributed by atoms with Gasteiger partial charge in [0.15, 0.2) is 5.82 Å². The number of thioether (sulfide) groups is 1. The molecule has 1 unspecified atom stereocenters. The van der Waals surface area contributed by atoms with Crippen LogP contribution in [0.1, 0.15) is 36.3 Å². The molecule has 1 amide bonds. The minimum atomic E-state index is -0.150. The van der Waals surface area contributed by atoms with Crippen molar-refractivity contribution in [3.8, 4) is 0 Å². The fraction of sp³-hybridized carbons (Fsp3) is 0.636. The van der Waals surface area contributed by atoms with Crippen LogP contribution < -0.4 is 11.1 Å². The Labute approximate surface area is 106 Å². The first-order valence-electron chi connectivity index (χ1n) is 5.75. The molecule has 0 saturated heterocycles. The third-order valence-electron chi connectivity index (χ3n) is 2.48. The number of rotatable bonds is 6. The van der Waals surface area contributed by atoms with E-state index in [2.05, 4.69) is 22.4 Å². The highest BCUT2D eigenvalue weighted by Gasteiger charge is 2.17. The molecular formula is C11H20N4OS. The molecule has 1 atom stereocenters. The Kier molecular flexibility index (Phi) is 5.34. The van der Waals surface area contributed by atoms with Crippen LogP contribution in [0, 0.1) is 6.92 Å². The maximum Gasteiger partial charge on any atom is 0.257 e. The van der Waals surface area contributed by atoms with Crippen molar-refractivity contribution in [2.75, 3.05) is 17.2 Å². The van der Waals surface area contributed by atoms with E-state index in [0.717, 1.165) is 17.9 Å². The lowest BCUT2D eigenvalue weighted by atomic mass is 10.2. The second kappa shape index (κ2) is 6.54. The van der Waals surface area contributed by atoms with Crippen LogP contribution in [0.4, 0.5) is 5.82 Å². The Hall–Kier alpha value is -1.17. The fourth-order valence-electron chi connectivity index (χ4n) is 1.51. The van der Waals surface area contributed by atoms with Crippen molar-refractivity contribution in [3.63, 3.8) is 0 Å². The minimum Gasteiger partial charge on any atom is -0.382 e. The minimum absolute atomic E-state index is 0.148. The van der Waals surface area contributed by atoms with Crippen molar-refractivity contribution < 1.29 is 4.79 Å². The summed E-state index contributed by atoms with van der Waals surface area (Å²) in [5.74, 6) is 2.27. The highest BCUT2D eigenvalue weighted by atomic mass is 32.2. The Balaban J connectivity index is 2.49. The monoisotopic (exact) mass is 256 g/mol. The molecule has 6 heteroatoms. The first-order chi connectivity index (χ1) is 8.06. The molecule has 1 rings (SSSR count). The largest absolute Gasteiger partial charge is 0.382 e. The van der Waals surface area contributed by atoms with Crippen LogP contribution in [-0.2, 0) is 0 Å². The standard InChI is InChI=1S/C11H20N4OS/c1-4-17-6-5-7(2)13-11(16)9-8(3)14-15-10(9)12/h7H,4-6H2,1-3H3,(H,13,16)(H3,12,14,15). The molecule has 0 aromatic carbocycles. The van der Waals surface area contributed by atoms with E-state index in [4.69, 9.17) is 5.73 Å². The Morgan fingerprint density at radius 1 is 1.65 bits per heavy atom. The van der Waals surface area contributed by atoms with E-state index in [-0.39, 0.29) is 17.8 Å². The van der Waals surface area contributed by atoms with Gasteiger partial charge >= 0.3 is 0 Å². The number of aromatic nitrogens is 2. The molecule has 0 radical (unpaired) electrons. The average Bonchev–Trinajstić information content (AvgIpc) is 2.58. The predicted octanol–water partition coefficient (Wildman–Crippen LogP) is 1.56. The highest BCUT2D eigenvalue weighted by Crippen LogP contribution is 2.12. The van der Waals surface area contributed by atoms with Crippen molar-refractivity contribution in [3.05, 3.63) is 11.3 Å². The van der Waals surface area contributed by atoms with E-state index in [1.807, 2.05) is 18.7 Å². The second-order valence-electron chi connectivity index (χ2n) is 3.97. The summed E-state index contributed by atoms with van der Waals surface area (Å²) in [4.78, 5) is 11.9. The molecule has 0 fully saturated rings. The predicted molar refractivity (Wildman–Crippen MR) is 72.3 cm³/mol. The van der Waals surface area contributed by atoms with Crippen molar-refractivity contribution in [2.24, 2.45) is 0 Å². The van der Waals surface area contributed by atoms with Gasteiger partial charge in [-0.2, -0.15) is 16.9 Å². The van der Waals surface area contributed by atoms with Gasteiger partial charge in [-0.1, -0.05) is 6.92 Å². The molecule has 1 aromatic rings. The summed E-state index contributed by atoms with van der Waals surface area (Å²) in [5, 5.41) is 9.44. The number of hydrogen-bond donors (Lipinski definition) is 3. The van der Waals surface area contributed by atoms with E-state index >= 15 is 0 Å². The van der Waals surface area contributed by atoms with Crippen LogP contribution in [0.3, 0.4) is 0 Å². The quantitative estimate of drug-likeness (QED) is 0.674. The van der Waals surface area contributed by atoms with E-state index in [1.54, 1.807) is 6.92 Å². The maximum absolute atomic E-state index is 11.9. The van der Waals surface area contributed by atoms with Crippen LogP contribution in [0.2, 0.25) is 0 Å². The second-order valence-corrected chi connectivity index (χ2v) is 5.36. The molecule has 0 bridgehead atoms. The number of nitrogens with two attached hydrogens (primary N) is 1. The van der Waals surface area contributed by atoms with Gasteiger partial charge < -0.3 is 11.1 Å². The first kappa shape index (κ1) is 13.9. The summed E-state index contributed by atoms with van der Waals surface area (Å²) in [6.07, 6.45) is 0.959. The summed E-state index contributed by atoms with van der Waals surface area (Å²) >= 11 is 1.87. The lowest BCUT2D eigenvalue weighted by Gasteiger charge is -2.13. The van der Waals surface area contributed by atoms with Crippen molar-refractivity contribution >= 4 is 23.5 Å². The van der Waals surface area contributed by atoms with Gasteiger partial charge in [0.25, 0.3) is 5.91 Å². The molecule has 5 nitrogen and oxygen atoms in total. The topological polar surface area (TPSA) is 83.8 Å². The SMILES string of the molecule is CCSCCC(C)NC(=O)c1c(N)n[nH]c1C. The van der Waals surface area contributed by atoms with Gasteiger partial charge in [0.05, 0.1) is 0 Å². The van der Waals surface area contributed by atoms with E-state index in [1.165, 1.54) is 0 Å². The summed E-state index contributed by atoms with van der Waals surface area (Å²) in [6, 6.07) is 0.148. The molecule has 0 aliphatic rings. The van der Waals surface area contributed by atoms with Crippen molar-refractivity contribution in [1.29, 1.82) is 0 Å². The number of carbonyl (C=O) groups is 1. The van der Waals surface area contributed by atoms with Gasteiger partial charge in [0.1, 0.15) is 5.56 Å². The smallest absolute Gasteiger partial charge is 0.257 e. The number of amides is 1. The van der Waals surface area contributed by atoms with E-state index < -0.39 is 0 Å². The van der Waals surface area contributed by atoms with Crippen LogP contribution in [0.5, 0.6) is 0 Å². The molecule has 1 aromatic heterocycles. The van der Waals surface area contributed by atoms with Crippen LogP contribution in [-0.4, -0.2) is 33.7 Å². The maximum atomic E-state index is 11.9. The third-order valence-corrected chi connectivity index (χ3v) is 3.41. The lowest BCUT2D eigenvalue weighted by Crippen LogP contribution is -2.33. The molecule has 96 valence electrons. The number of aromatic amines is 1. The van der Waals surface area contributed by atoms with Crippen molar-refractivity contribution in [1.82, 2.24) is 15.5 Å². The molecule has 0 spiro atoms. The lowest BCUT2D eigenvalue weighted by molar-refractivity contribution is 0.0940. The number of nitrogens with zero attached hydrogens (tertiary/aromatic N) is 1. The third kappa shape index (κ3) is 3.96. The zero-order valence-electron chi connectivity index (χ0n) is 10.5. The number of nitrogen functional groups attached to an aromatic ring is 1. The Bertz CT molecular complexity index is 358. The number of H-pyrrole nitrogens is 1. The zero-order valence-corrected chi connectivity index (χ0v) is 11.4. The number of carbonyl (C=O) groups excluding carboxylic acids is 1. The summed E-state index contributed by atoms with van der Waals surface area (Å²) in [6.45, 7) is 5.92. The normalized spacial score (nSPS) is 12.4. The molecule has 4 N–H and O–H groups in total. The number of nitrogens with one attached hydrogen (secondary N) is 2. The first-order valence-corrected chi connectivity index (χ1v) is 6.90. The van der Waals surface area contributed by atoms with Crippen LogP contribution >= 0.6 is 11.8 Å². The number of anilines is 1. The molecule has 0 saturated carbocycles. The number of aryl methyl sites for hydroxylation is 1. The summed E-state index contributed by atoms with van der Waals surface area (Å²) in [7, 11) is 0. The average molecular weight is 256 g/mol. The van der Waals surface area contributed by atoms with Crippen LogP contribution in [0.25, 0.3) is 0 Å². The van der Waals surface area contributed by atoms with E-state index in [9.17, 15) is 4.79 Å². The molecule has 0 aliphatic heterocycles. The molecule has 17 heavy (non-hydrogen) atoms. The van der Waals surface area contributed by atoms with Gasteiger partial charge in [-0.3, -0.25) is 9.89 Å². The van der Waals surface area contributed by atoms with Gasteiger partial charge in [0.2, 0.25) is 0 Å². The number of hydrogen-bond acceptors (Lipinski definition) is 4. The van der Waals surface area contributed by atoms with Gasteiger partial charge in [-0.15, -0.1) is 0 Å². The molecule has 1 heterocycles. The van der Waals surface area contributed by atoms with Crippen LogP contribution in [0.15, 0.2) is 0 Å². The van der Waals surface area contributed by atoms with Crippen molar-refractivity contribution in [2.45, 2.75) is 33.2 Å². The van der Waals surface area contributed by atoms with Gasteiger partial charge in [0, 0.05) is 11.7 Å². The zero-order chi connectivity index (χ0) is 12.8.